The molecule has 106 valence electrons. The lowest BCUT2D eigenvalue weighted by molar-refractivity contribution is 0.0695. The molecule has 0 saturated carbocycles. The Morgan fingerprint density at radius 3 is 2.85 bits per heavy atom. The molecule has 2 heterocycles. The molecule has 0 spiro atoms. The van der Waals surface area contributed by atoms with E-state index in [1.807, 2.05) is 13.0 Å². The standard InChI is InChI=1S/C13H16N4O3/c1-3-20-12-5-4-9(6-15-12)14-8-11-10(13(18)19)7-16-17(11)2/h4-7,14H,3,8H2,1-2H3,(H,18,19). The molecule has 2 aromatic heterocycles. The van der Waals surface area contributed by atoms with Gasteiger partial charge in [-0.2, -0.15) is 5.10 Å². The first-order valence-electron chi connectivity index (χ1n) is 6.18. The number of ether oxygens (including phenoxy) is 1. The molecule has 2 rings (SSSR count). The Hall–Kier alpha value is -2.57. The first-order valence-corrected chi connectivity index (χ1v) is 6.18. The molecule has 0 aromatic carbocycles. The van der Waals surface area contributed by atoms with Crippen LogP contribution < -0.4 is 10.1 Å². The van der Waals surface area contributed by atoms with Crippen molar-refractivity contribution in [2.45, 2.75) is 13.5 Å². The van der Waals surface area contributed by atoms with Gasteiger partial charge in [0.05, 0.1) is 36.9 Å². The number of aromatic carboxylic acids is 1. The third-order valence-electron chi connectivity index (χ3n) is 2.78. The minimum atomic E-state index is -0.986. The third kappa shape index (κ3) is 3.05. The SMILES string of the molecule is CCOc1ccc(NCc2c(C(=O)O)cnn2C)cn1. The number of aromatic nitrogens is 3. The summed E-state index contributed by atoms with van der Waals surface area (Å²) in [4.78, 5) is 15.2. The Labute approximate surface area is 116 Å². The van der Waals surface area contributed by atoms with E-state index >= 15 is 0 Å². The Kier molecular flexibility index (Phi) is 4.19. The quantitative estimate of drug-likeness (QED) is 0.831. The summed E-state index contributed by atoms with van der Waals surface area (Å²) >= 11 is 0. The van der Waals surface area contributed by atoms with Crippen molar-refractivity contribution < 1.29 is 14.6 Å². The van der Waals surface area contributed by atoms with Crippen LogP contribution in [0.15, 0.2) is 24.5 Å². The van der Waals surface area contributed by atoms with Gasteiger partial charge in [0.2, 0.25) is 5.88 Å². The van der Waals surface area contributed by atoms with Crippen molar-refractivity contribution in [1.82, 2.24) is 14.8 Å². The lowest BCUT2D eigenvalue weighted by Gasteiger charge is -2.08. The normalized spacial score (nSPS) is 10.3. The van der Waals surface area contributed by atoms with E-state index in [9.17, 15) is 4.79 Å². The van der Waals surface area contributed by atoms with E-state index in [0.29, 0.717) is 24.7 Å². The van der Waals surface area contributed by atoms with Crippen molar-refractivity contribution in [1.29, 1.82) is 0 Å². The van der Waals surface area contributed by atoms with Crippen LogP contribution in [0.1, 0.15) is 23.0 Å². The fraction of sp³-hybridized carbons (Fsp3) is 0.308. The molecule has 0 atom stereocenters. The highest BCUT2D eigenvalue weighted by atomic mass is 16.5. The van der Waals surface area contributed by atoms with E-state index in [0.717, 1.165) is 5.69 Å². The van der Waals surface area contributed by atoms with Gasteiger partial charge in [-0.15, -0.1) is 0 Å². The van der Waals surface area contributed by atoms with Gasteiger partial charge in [-0.25, -0.2) is 9.78 Å². The van der Waals surface area contributed by atoms with Gasteiger partial charge in [0.1, 0.15) is 5.56 Å². The lowest BCUT2D eigenvalue weighted by atomic mass is 10.2. The number of carboxylic acids is 1. The first kappa shape index (κ1) is 13.9. The average molecular weight is 276 g/mol. The average Bonchev–Trinajstić information content (AvgIpc) is 2.80. The predicted octanol–water partition coefficient (Wildman–Crippen LogP) is 1.52. The van der Waals surface area contributed by atoms with Crippen LogP contribution in [0.2, 0.25) is 0 Å². The van der Waals surface area contributed by atoms with Gasteiger partial charge in [0.15, 0.2) is 0 Å². The first-order chi connectivity index (χ1) is 9.61. The number of hydrogen-bond acceptors (Lipinski definition) is 5. The van der Waals surface area contributed by atoms with E-state index in [-0.39, 0.29) is 5.56 Å². The molecule has 7 heteroatoms. The lowest BCUT2D eigenvalue weighted by Crippen LogP contribution is -2.10. The maximum absolute atomic E-state index is 11.1. The second-order valence-corrected chi connectivity index (χ2v) is 4.11. The van der Waals surface area contributed by atoms with Crippen molar-refractivity contribution in [3.05, 3.63) is 35.8 Å². The van der Waals surface area contributed by atoms with Crippen molar-refractivity contribution in [2.75, 3.05) is 11.9 Å². The smallest absolute Gasteiger partial charge is 0.339 e. The van der Waals surface area contributed by atoms with Crippen LogP contribution in [-0.4, -0.2) is 32.4 Å². The Morgan fingerprint density at radius 2 is 2.25 bits per heavy atom. The molecule has 0 radical (unpaired) electrons. The fourth-order valence-electron chi connectivity index (χ4n) is 1.76. The summed E-state index contributed by atoms with van der Waals surface area (Å²) in [6, 6.07) is 3.59. The Balaban J connectivity index is 2.05. The summed E-state index contributed by atoms with van der Waals surface area (Å²) in [7, 11) is 1.71. The van der Waals surface area contributed by atoms with Gasteiger partial charge in [0.25, 0.3) is 0 Å². The van der Waals surface area contributed by atoms with Gasteiger partial charge < -0.3 is 15.2 Å². The number of carboxylic acid groups (broad SMARTS) is 1. The van der Waals surface area contributed by atoms with Crippen molar-refractivity contribution in [3.63, 3.8) is 0 Å². The minimum Gasteiger partial charge on any atom is -0.478 e. The topological polar surface area (TPSA) is 89.3 Å². The number of nitrogens with zero attached hydrogens (tertiary/aromatic N) is 3. The Morgan fingerprint density at radius 1 is 1.45 bits per heavy atom. The summed E-state index contributed by atoms with van der Waals surface area (Å²) < 4.78 is 6.79. The van der Waals surface area contributed by atoms with Gasteiger partial charge in [-0.1, -0.05) is 0 Å². The zero-order valence-electron chi connectivity index (χ0n) is 11.3. The molecule has 2 aromatic rings. The van der Waals surface area contributed by atoms with Gasteiger partial charge >= 0.3 is 5.97 Å². The third-order valence-corrected chi connectivity index (χ3v) is 2.78. The molecule has 0 unspecified atom stereocenters. The molecule has 7 nitrogen and oxygen atoms in total. The predicted molar refractivity (Wildman–Crippen MR) is 72.9 cm³/mol. The number of nitrogens with one attached hydrogen (secondary N) is 1. The van der Waals surface area contributed by atoms with Crippen molar-refractivity contribution in [3.8, 4) is 5.88 Å². The monoisotopic (exact) mass is 276 g/mol. The summed E-state index contributed by atoms with van der Waals surface area (Å²) in [5, 5.41) is 16.1. The molecule has 0 saturated heterocycles. The molecule has 0 aliphatic carbocycles. The van der Waals surface area contributed by atoms with E-state index in [4.69, 9.17) is 9.84 Å². The maximum atomic E-state index is 11.1. The Bertz CT molecular complexity index is 592. The zero-order valence-corrected chi connectivity index (χ0v) is 11.3. The van der Waals surface area contributed by atoms with Crippen LogP contribution >= 0.6 is 0 Å². The molecular formula is C13H16N4O3. The van der Waals surface area contributed by atoms with Crippen LogP contribution in [0, 0.1) is 0 Å². The van der Waals surface area contributed by atoms with E-state index in [1.54, 1.807) is 24.0 Å². The number of pyridine rings is 1. The van der Waals surface area contributed by atoms with E-state index < -0.39 is 5.97 Å². The number of hydrogen-bond donors (Lipinski definition) is 2. The number of carbonyl (C=O) groups is 1. The second kappa shape index (κ2) is 6.05. The number of rotatable bonds is 6. The highest BCUT2D eigenvalue weighted by molar-refractivity contribution is 5.88. The molecular weight excluding hydrogens is 260 g/mol. The molecule has 0 fully saturated rings. The van der Waals surface area contributed by atoms with Crippen LogP contribution in [0.3, 0.4) is 0 Å². The van der Waals surface area contributed by atoms with Crippen LogP contribution in [0.5, 0.6) is 5.88 Å². The largest absolute Gasteiger partial charge is 0.478 e. The van der Waals surface area contributed by atoms with Gasteiger partial charge in [-0.3, -0.25) is 4.68 Å². The van der Waals surface area contributed by atoms with Crippen molar-refractivity contribution >= 4 is 11.7 Å². The van der Waals surface area contributed by atoms with Gasteiger partial charge in [-0.05, 0) is 13.0 Å². The molecule has 0 aliphatic heterocycles. The van der Waals surface area contributed by atoms with Crippen LogP contribution in [0.4, 0.5) is 5.69 Å². The van der Waals surface area contributed by atoms with Gasteiger partial charge in [0, 0.05) is 13.1 Å². The summed E-state index contributed by atoms with van der Waals surface area (Å²) in [6.07, 6.45) is 2.98. The van der Waals surface area contributed by atoms with E-state index in [2.05, 4.69) is 15.4 Å². The zero-order chi connectivity index (χ0) is 14.5. The minimum absolute atomic E-state index is 0.193. The molecule has 0 amide bonds. The highest BCUT2D eigenvalue weighted by Gasteiger charge is 2.14. The highest BCUT2D eigenvalue weighted by Crippen LogP contribution is 2.14. The molecule has 0 bridgehead atoms. The summed E-state index contributed by atoms with van der Waals surface area (Å²) in [5.74, 6) is -0.426. The number of anilines is 1. The number of aryl methyl sites for hydroxylation is 1. The maximum Gasteiger partial charge on any atom is 0.339 e. The molecule has 0 aliphatic rings. The van der Waals surface area contributed by atoms with Crippen LogP contribution in [0.25, 0.3) is 0 Å². The molecule has 20 heavy (non-hydrogen) atoms. The summed E-state index contributed by atoms with van der Waals surface area (Å²) in [5.41, 5.74) is 1.58. The van der Waals surface area contributed by atoms with Crippen LogP contribution in [-0.2, 0) is 13.6 Å². The fourth-order valence-corrected chi connectivity index (χ4v) is 1.76. The van der Waals surface area contributed by atoms with E-state index in [1.165, 1.54) is 6.20 Å². The summed E-state index contributed by atoms with van der Waals surface area (Å²) in [6.45, 7) is 2.81. The van der Waals surface area contributed by atoms with Crippen molar-refractivity contribution in [2.24, 2.45) is 7.05 Å². The second-order valence-electron chi connectivity index (χ2n) is 4.11. The molecule has 2 N–H and O–H groups in total.